The Hall–Kier alpha value is -1.44. The molecule has 4 heterocycles. The van der Waals surface area contributed by atoms with E-state index in [0.717, 1.165) is 57.5 Å². The van der Waals surface area contributed by atoms with Gasteiger partial charge in [-0.05, 0) is 51.1 Å². The van der Waals surface area contributed by atoms with E-state index in [2.05, 4.69) is 26.2 Å². The maximum atomic E-state index is 5.91. The fourth-order valence-corrected chi connectivity index (χ4v) is 5.73. The monoisotopic (exact) mass is 415 g/mol. The van der Waals surface area contributed by atoms with Crippen LogP contribution in [0.5, 0.6) is 0 Å². The van der Waals surface area contributed by atoms with Gasteiger partial charge in [-0.2, -0.15) is 4.98 Å². The minimum Gasteiger partial charge on any atom is -0.356 e. The first-order valence-electron chi connectivity index (χ1n) is 12.2. The second-order valence-corrected chi connectivity index (χ2v) is 9.46. The Morgan fingerprint density at radius 2 is 1.70 bits per heavy atom. The molecule has 7 nitrogen and oxygen atoms in total. The van der Waals surface area contributed by atoms with Gasteiger partial charge in [-0.25, -0.2) is 4.98 Å². The lowest BCUT2D eigenvalue weighted by Crippen LogP contribution is -2.50. The molecule has 3 saturated heterocycles. The molecule has 4 aliphatic rings. The summed E-state index contributed by atoms with van der Waals surface area (Å²) in [7, 11) is 0. The van der Waals surface area contributed by atoms with Crippen LogP contribution in [0.1, 0.15) is 64.2 Å². The van der Waals surface area contributed by atoms with E-state index in [1.807, 2.05) is 6.20 Å². The molecule has 4 fully saturated rings. The van der Waals surface area contributed by atoms with Crippen LogP contribution in [0.15, 0.2) is 12.3 Å². The highest BCUT2D eigenvalue weighted by atomic mass is 16.7. The largest absolute Gasteiger partial charge is 0.356 e. The highest BCUT2D eigenvalue weighted by Crippen LogP contribution is 2.38. The lowest BCUT2D eigenvalue weighted by Gasteiger charge is -2.43. The molecule has 1 aromatic heterocycles. The molecule has 166 valence electrons. The standard InChI is InChI=1S/C23H37N5O2/c1-2-4-14-27(13-3-1)21-9-12-24-22(26-21)25-19-6-5-15-28(18-19)20-7-10-23(11-8-20)29-16-17-30-23/h9,12,19-20H,1-8,10-11,13-18H2,(H,24,25,26)/t19-/m0/s1. The third-order valence-corrected chi connectivity index (χ3v) is 7.40. The molecule has 3 aliphatic heterocycles. The third-order valence-electron chi connectivity index (χ3n) is 7.40. The zero-order valence-electron chi connectivity index (χ0n) is 18.2. The zero-order valence-corrected chi connectivity index (χ0v) is 18.2. The highest BCUT2D eigenvalue weighted by Gasteiger charge is 2.42. The molecule has 30 heavy (non-hydrogen) atoms. The highest BCUT2D eigenvalue weighted by molar-refractivity contribution is 5.43. The third kappa shape index (κ3) is 4.73. The Balaban J connectivity index is 1.16. The summed E-state index contributed by atoms with van der Waals surface area (Å²) >= 11 is 0. The fourth-order valence-electron chi connectivity index (χ4n) is 5.73. The van der Waals surface area contributed by atoms with E-state index in [0.29, 0.717) is 12.1 Å². The van der Waals surface area contributed by atoms with Crippen molar-refractivity contribution in [2.45, 2.75) is 82.1 Å². The van der Waals surface area contributed by atoms with Gasteiger partial charge >= 0.3 is 0 Å². The van der Waals surface area contributed by atoms with Gasteiger partial charge in [0.05, 0.1) is 13.2 Å². The van der Waals surface area contributed by atoms with E-state index < -0.39 is 0 Å². The Morgan fingerprint density at radius 3 is 2.47 bits per heavy atom. The van der Waals surface area contributed by atoms with Crippen LogP contribution in [0.4, 0.5) is 11.8 Å². The number of likely N-dealkylation sites (tertiary alicyclic amines) is 1. The van der Waals surface area contributed by atoms with Crippen molar-refractivity contribution in [2.75, 3.05) is 49.6 Å². The van der Waals surface area contributed by atoms with Crippen LogP contribution in [0.3, 0.4) is 0 Å². The van der Waals surface area contributed by atoms with E-state index in [1.54, 1.807) is 0 Å². The van der Waals surface area contributed by atoms with Crippen LogP contribution < -0.4 is 10.2 Å². The molecule has 1 N–H and O–H groups in total. The van der Waals surface area contributed by atoms with Crippen LogP contribution in [-0.4, -0.2) is 72.1 Å². The Bertz CT molecular complexity index is 678. The van der Waals surface area contributed by atoms with Crippen LogP contribution in [0.25, 0.3) is 0 Å². The van der Waals surface area contributed by atoms with Gasteiger partial charge < -0.3 is 19.7 Å². The van der Waals surface area contributed by atoms with Crippen molar-refractivity contribution < 1.29 is 9.47 Å². The zero-order chi connectivity index (χ0) is 20.2. The molecule has 0 bridgehead atoms. The summed E-state index contributed by atoms with van der Waals surface area (Å²) < 4.78 is 11.8. The van der Waals surface area contributed by atoms with E-state index in [1.165, 1.54) is 57.9 Å². The molecule has 1 saturated carbocycles. The van der Waals surface area contributed by atoms with Crippen LogP contribution in [0, 0.1) is 0 Å². The van der Waals surface area contributed by atoms with Crippen molar-refractivity contribution in [3.05, 3.63) is 12.3 Å². The topological polar surface area (TPSA) is 62.8 Å². The molecule has 7 heteroatoms. The molecule has 5 rings (SSSR count). The molecule has 0 radical (unpaired) electrons. The maximum Gasteiger partial charge on any atom is 0.224 e. The van der Waals surface area contributed by atoms with E-state index >= 15 is 0 Å². The summed E-state index contributed by atoms with van der Waals surface area (Å²) in [5.41, 5.74) is 0. The van der Waals surface area contributed by atoms with Crippen LogP contribution in [-0.2, 0) is 9.47 Å². The molecular weight excluding hydrogens is 378 g/mol. The second kappa shape index (κ2) is 9.37. The van der Waals surface area contributed by atoms with Gasteiger partial charge in [0.15, 0.2) is 5.79 Å². The van der Waals surface area contributed by atoms with Gasteiger partial charge in [-0.15, -0.1) is 0 Å². The van der Waals surface area contributed by atoms with E-state index in [9.17, 15) is 0 Å². The molecule has 0 amide bonds. The predicted octanol–water partition coefficient (Wildman–Crippen LogP) is 3.42. The van der Waals surface area contributed by atoms with E-state index in [-0.39, 0.29) is 5.79 Å². The molecule has 0 unspecified atom stereocenters. The summed E-state index contributed by atoms with van der Waals surface area (Å²) in [4.78, 5) is 14.5. The Kier molecular flexibility index (Phi) is 6.39. The van der Waals surface area contributed by atoms with Crippen molar-refractivity contribution in [3.8, 4) is 0 Å². The molecule has 1 atom stereocenters. The van der Waals surface area contributed by atoms with Gasteiger partial charge in [0.2, 0.25) is 5.95 Å². The Labute approximate surface area is 180 Å². The molecule has 1 aromatic rings. The normalized spacial score (nSPS) is 28.5. The molecule has 1 spiro atoms. The van der Waals surface area contributed by atoms with Crippen molar-refractivity contribution in [1.29, 1.82) is 0 Å². The Morgan fingerprint density at radius 1 is 0.933 bits per heavy atom. The average molecular weight is 416 g/mol. The number of hydrogen-bond donors (Lipinski definition) is 1. The average Bonchev–Trinajstić information content (AvgIpc) is 3.06. The first-order valence-corrected chi connectivity index (χ1v) is 12.2. The smallest absolute Gasteiger partial charge is 0.224 e. The summed E-state index contributed by atoms with van der Waals surface area (Å²) in [6.07, 6.45) is 14.0. The number of nitrogens with one attached hydrogen (secondary N) is 1. The molecule has 0 aromatic carbocycles. The first-order chi connectivity index (χ1) is 14.8. The quantitative estimate of drug-likeness (QED) is 0.808. The minimum absolute atomic E-state index is 0.258. The van der Waals surface area contributed by atoms with Crippen molar-refractivity contribution in [2.24, 2.45) is 0 Å². The second-order valence-electron chi connectivity index (χ2n) is 9.46. The van der Waals surface area contributed by atoms with Gasteiger partial charge in [0.1, 0.15) is 5.82 Å². The summed E-state index contributed by atoms with van der Waals surface area (Å²) in [5, 5.41) is 3.65. The number of rotatable bonds is 4. The maximum absolute atomic E-state index is 5.91. The minimum atomic E-state index is -0.258. The number of piperidine rings is 1. The number of aromatic nitrogens is 2. The molecular formula is C23H37N5O2. The lowest BCUT2D eigenvalue weighted by atomic mass is 9.88. The van der Waals surface area contributed by atoms with Gasteiger partial charge in [0.25, 0.3) is 0 Å². The first kappa shape index (κ1) is 20.5. The SMILES string of the molecule is c1cc(N2CCCCCC2)nc(N[C@H]2CCCN(C3CCC4(CC3)OCCO4)C2)n1. The summed E-state index contributed by atoms with van der Waals surface area (Å²) in [6, 6.07) is 3.14. The van der Waals surface area contributed by atoms with Crippen molar-refractivity contribution >= 4 is 11.8 Å². The number of nitrogens with zero attached hydrogens (tertiary/aromatic N) is 4. The van der Waals surface area contributed by atoms with Crippen LogP contribution >= 0.6 is 0 Å². The van der Waals surface area contributed by atoms with Gasteiger partial charge in [-0.1, -0.05) is 12.8 Å². The van der Waals surface area contributed by atoms with Gasteiger partial charge in [-0.3, -0.25) is 4.90 Å². The fraction of sp³-hybridized carbons (Fsp3) is 0.826. The number of anilines is 2. The van der Waals surface area contributed by atoms with Gasteiger partial charge in [0, 0.05) is 50.8 Å². The molecule has 1 aliphatic carbocycles. The summed E-state index contributed by atoms with van der Waals surface area (Å²) in [6.45, 7) is 6.03. The van der Waals surface area contributed by atoms with E-state index in [4.69, 9.17) is 14.5 Å². The predicted molar refractivity (Wildman–Crippen MR) is 118 cm³/mol. The van der Waals surface area contributed by atoms with Crippen molar-refractivity contribution in [1.82, 2.24) is 14.9 Å². The number of hydrogen-bond acceptors (Lipinski definition) is 7. The van der Waals surface area contributed by atoms with Crippen molar-refractivity contribution in [3.63, 3.8) is 0 Å². The lowest BCUT2D eigenvalue weighted by molar-refractivity contribution is -0.184. The summed E-state index contributed by atoms with van der Waals surface area (Å²) in [5.74, 6) is 1.61. The van der Waals surface area contributed by atoms with Crippen LogP contribution in [0.2, 0.25) is 0 Å². The number of ether oxygens (including phenoxy) is 2.